The van der Waals surface area contributed by atoms with Gasteiger partial charge in [0.05, 0.1) is 28.8 Å². The van der Waals surface area contributed by atoms with Crippen molar-refractivity contribution in [3.8, 4) is 17.0 Å². The molecule has 3 aromatic rings. The minimum Gasteiger partial charge on any atom is -0.488 e. The molecule has 5 heterocycles. The first-order chi connectivity index (χ1) is 16.4. The molecule has 2 aliphatic heterocycles. The molecular formula is C24H27ClN6O3. The number of aromatic nitrogens is 3. The van der Waals surface area contributed by atoms with Gasteiger partial charge in [-0.1, -0.05) is 11.6 Å². The van der Waals surface area contributed by atoms with E-state index in [0.29, 0.717) is 29.3 Å². The summed E-state index contributed by atoms with van der Waals surface area (Å²) in [5.41, 5.74) is 3.35. The molecular weight excluding hydrogens is 456 g/mol. The topological polar surface area (TPSA) is 92.1 Å². The van der Waals surface area contributed by atoms with Crippen LogP contribution in [-0.2, 0) is 9.59 Å². The molecule has 0 saturated carbocycles. The number of anilines is 1. The zero-order valence-corrected chi connectivity index (χ0v) is 20.0. The van der Waals surface area contributed by atoms with Gasteiger partial charge in [0, 0.05) is 63.7 Å². The van der Waals surface area contributed by atoms with E-state index in [9.17, 15) is 9.59 Å². The maximum absolute atomic E-state index is 11.6. The number of nitrogens with zero attached hydrogens (tertiary/aromatic N) is 5. The number of amides is 2. The number of rotatable bonds is 5. The molecule has 3 aromatic heterocycles. The molecule has 2 unspecified atom stereocenters. The van der Waals surface area contributed by atoms with Crippen molar-refractivity contribution in [3.63, 3.8) is 0 Å². The summed E-state index contributed by atoms with van der Waals surface area (Å²) in [4.78, 5) is 32.0. The molecule has 178 valence electrons. The first-order valence-electron chi connectivity index (χ1n) is 11.5. The number of hydrogen-bond donors (Lipinski definition) is 1. The van der Waals surface area contributed by atoms with Gasteiger partial charge in [0.15, 0.2) is 0 Å². The normalized spacial score (nSPS) is 19.4. The second kappa shape index (κ2) is 9.13. The highest BCUT2D eigenvalue weighted by Gasteiger charge is 2.29. The number of carbonyl (C=O) groups is 2. The third kappa shape index (κ3) is 4.40. The third-order valence-corrected chi connectivity index (χ3v) is 6.93. The zero-order valence-electron chi connectivity index (χ0n) is 19.2. The van der Waals surface area contributed by atoms with Crippen LogP contribution in [0, 0.1) is 5.92 Å². The molecule has 34 heavy (non-hydrogen) atoms. The molecule has 0 spiro atoms. The molecule has 10 heteroatoms. The highest BCUT2D eigenvalue weighted by molar-refractivity contribution is 6.34. The van der Waals surface area contributed by atoms with Crippen molar-refractivity contribution in [2.24, 2.45) is 5.92 Å². The van der Waals surface area contributed by atoms with Gasteiger partial charge in [-0.3, -0.25) is 14.6 Å². The standard InChI is InChI=1S/C24H27ClN6O3/c1-15(17-10-23(33)27-11-17)34-22-9-18(14-31-24(22)20(25)13-28-31)21-4-3-19(12-26-21)30-7-5-29(6-8-30)16(2)32/h3-4,9,12-15,17H,5-8,10-11H2,1-2H3,(H,27,33). The van der Waals surface area contributed by atoms with Gasteiger partial charge in [0.1, 0.15) is 17.4 Å². The van der Waals surface area contributed by atoms with Gasteiger partial charge in [-0.2, -0.15) is 5.10 Å². The summed E-state index contributed by atoms with van der Waals surface area (Å²) in [7, 11) is 0. The monoisotopic (exact) mass is 482 g/mol. The van der Waals surface area contributed by atoms with E-state index >= 15 is 0 Å². The molecule has 9 nitrogen and oxygen atoms in total. The number of carbonyl (C=O) groups excluding carboxylic acids is 2. The fourth-order valence-electron chi connectivity index (χ4n) is 4.56. The lowest BCUT2D eigenvalue weighted by Crippen LogP contribution is -2.48. The lowest BCUT2D eigenvalue weighted by Gasteiger charge is -2.35. The van der Waals surface area contributed by atoms with Gasteiger partial charge in [-0.15, -0.1) is 0 Å². The maximum atomic E-state index is 11.6. The van der Waals surface area contributed by atoms with Crippen molar-refractivity contribution in [2.45, 2.75) is 26.4 Å². The lowest BCUT2D eigenvalue weighted by atomic mass is 10.0. The Morgan fingerprint density at radius 3 is 2.68 bits per heavy atom. The predicted molar refractivity (Wildman–Crippen MR) is 129 cm³/mol. The van der Waals surface area contributed by atoms with E-state index < -0.39 is 0 Å². The quantitative estimate of drug-likeness (QED) is 0.601. The minimum absolute atomic E-state index is 0.0497. The summed E-state index contributed by atoms with van der Waals surface area (Å²) in [6, 6.07) is 5.95. The molecule has 5 rings (SSSR count). The Bertz CT molecular complexity index is 1220. The number of fused-ring (bicyclic) bond motifs is 1. The Kier molecular flexibility index (Phi) is 6.03. The van der Waals surface area contributed by atoms with Gasteiger partial charge in [0.25, 0.3) is 0 Å². The number of hydrogen-bond acceptors (Lipinski definition) is 6. The fraction of sp³-hybridized carbons (Fsp3) is 0.417. The van der Waals surface area contributed by atoms with Crippen molar-refractivity contribution >= 4 is 34.6 Å². The molecule has 2 amide bonds. The average molecular weight is 483 g/mol. The molecule has 2 saturated heterocycles. The summed E-state index contributed by atoms with van der Waals surface area (Å²) in [5.74, 6) is 0.871. The van der Waals surface area contributed by atoms with E-state index in [1.54, 1.807) is 17.6 Å². The largest absolute Gasteiger partial charge is 0.488 e. The zero-order chi connectivity index (χ0) is 23.8. The predicted octanol–water partition coefficient (Wildman–Crippen LogP) is 2.62. The maximum Gasteiger partial charge on any atom is 0.220 e. The van der Waals surface area contributed by atoms with E-state index in [1.165, 1.54) is 0 Å². The Labute approximate surface area is 202 Å². The first-order valence-corrected chi connectivity index (χ1v) is 11.8. The number of halogens is 1. The molecule has 0 aliphatic carbocycles. The Hall–Kier alpha value is -3.33. The number of pyridine rings is 2. The Balaban J connectivity index is 1.38. The van der Waals surface area contributed by atoms with Gasteiger partial charge in [-0.25, -0.2) is 4.52 Å². The van der Waals surface area contributed by atoms with Crippen LogP contribution in [-0.4, -0.2) is 70.1 Å². The summed E-state index contributed by atoms with van der Waals surface area (Å²) in [6.45, 7) is 7.19. The minimum atomic E-state index is -0.173. The van der Waals surface area contributed by atoms with Crippen LogP contribution in [0.25, 0.3) is 16.8 Å². The molecule has 0 radical (unpaired) electrons. The third-order valence-electron chi connectivity index (χ3n) is 6.65. The second-order valence-corrected chi connectivity index (χ2v) is 9.27. The number of piperazine rings is 1. The van der Waals surface area contributed by atoms with Crippen LogP contribution < -0.4 is 15.0 Å². The van der Waals surface area contributed by atoms with Crippen LogP contribution in [0.4, 0.5) is 5.69 Å². The van der Waals surface area contributed by atoms with Gasteiger partial charge in [-0.05, 0) is 25.1 Å². The van der Waals surface area contributed by atoms with Crippen molar-refractivity contribution in [2.75, 3.05) is 37.6 Å². The summed E-state index contributed by atoms with van der Waals surface area (Å²) in [6.07, 6.45) is 5.61. The summed E-state index contributed by atoms with van der Waals surface area (Å²) >= 11 is 6.40. The second-order valence-electron chi connectivity index (χ2n) is 8.86. The van der Waals surface area contributed by atoms with Crippen LogP contribution in [0.5, 0.6) is 5.75 Å². The van der Waals surface area contributed by atoms with Crippen LogP contribution in [0.1, 0.15) is 20.3 Å². The van der Waals surface area contributed by atoms with Crippen LogP contribution in [0.3, 0.4) is 0 Å². The molecule has 2 fully saturated rings. The smallest absolute Gasteiger partial charge is 0.220 e. The van der Waals surface area contributed by atoms with Gasteiger partial charge in [0.2, 0.25) is 11.8 Å². The van der Waals surface area contributed by atoms with Gasteiger partial charge < -0.3 is 19.9 Å². The molecule has 0 bridgehead atoms. The Morgan fingerprint density at radius 1 is 1.24 bits per heavy atom. The lowest BCUT2D eigenvalue weighted by molar-refractivity contribution is -0.129. The fourth-order valence-corrected chi connectivity index (χ4v) is 4.78. The van der Waals surface area contributed by atoms with Crippen molar-refractivity contribution in [3.05, 3.63) is 41.8 Å². The highest BCUT2D eigenvalue weighted by atomic mass is 35.5. The van der Waals surface area contributed by atoms with E-state index in [0.717, 1.165) is 43.1 Å². The first kappa shape index (κ1) is 22.5. The highest BCUT2D eigenvalue weighted by Crippen LogP contribution is 2.34. The van der Waals surface area contributed by atoms with Crippen molar-refractivity contribution in [1.29, 1.82) is 0 Å². The van der Waals surface area contributed by atoms with E-state index in [2.05, 4.69) is 15.3 Å². The van der Waals surface area contributed by atoms with Crippen molar-refractivity contribution in [1.82, 2.24) is 24.8 Å². The van der Waals surface area contributed by atoms with Gasteiger partial charge >= 0.3 is 0 Å². The number of nitrogens with one attached hydrogen (secondary N) is 1. The van der Waals surface area contributed by atoms with Crippen LogP contribution >= 0.6 is 11.6 Å². The van der Waals surface area contributed by atoms with E-state index in [-0.39, 0.29) is 23.8 Å². The average Bonchev–Trinajstić information content (AvgIpc) is 3.45. The molecule has 0 aromatic carbocycles. The van der Waals surface area contributed by atoms with Crippen LogP contribution in [0.2, 0.25) is 5.02 Å². The molecule has 1 N–H and O–H groups in total. The van der Waals surface area contributed by atoms with E-state index in [1.807, 2.05) is 42.4 Å². The summed E-state index contributed by atoms with van der Waals surface area (Å²) in [5, 5.41) is 7.73. The Morgan fingerprint density at radius 2 is 2.03 bits per heavy atom. The summed E-state index contributed by atoms with van der Waals surface area (Å²) < 4.78 is 8.01. The number of ether oxygens (including phenoxy) is 1. The SMILES string of the molecule is CC(=O)N1CCN(c2ccc(-c3cc(OC(C)C4CNC(=O)C4)c4c(Cl)cnn4c3)nc2)CC1. The van der Waals surface area contributed by atoms with E-state index in [4.69, 9.17) is 21.3 Å². The molecule has 2 atom stereocenters. The van der Waals surface area contributed by atoms with Crippen molar-refractivity contribution < 1.29 is 14.3 Å². The molecule has 2 aliphatic rings. The van der Waals surface area contributed by atoms with Crippen LogP contribution in [0.15, 0.2) is 36.8 Å².